The SMILES string of the molecule is Cc1c([N+](=O)[O-])cc(S(=O)(=O)N2CCN(c3ccc(N4CCC(C)CC4)nn3)CC2)cc1[N+](=O)[O-]. The molecule has 0 unspecified atom stereocenters. The van der Waals surface area contributed by atoms with Crippen LogP contribution in [0.5, 0.6) is 0 Å². The van der Waals surface area contributed by atoms with E-state index >= 15 is 0 Å². The van der Waals surface area contributed by atoms with Crippen molar-refractivity contribution in [3.8, 4) is 0 Å². The summed E-state index contributed by atoms with van der Waals surface area (Å²) in [6.45, 7) is 6.24. The quantitative estimate of drug-likeness (QED) is 0.422. The maximum absolute atomic E-state index is 13.2. The van der Waals surface area contributed by atoms with Gasteiger partial charge in [0.1, 0.15) is 5.56 Å². The Morgan fingerprint density at radius 3 is 1.74 bits per heavy atom. The van der Waals surface area contributed by atoms with Crippen LogP contribution in [0.4, 0.5) is 23.0 Å². The van der Waals surface area contributed by atoms with Crippen LogP contribution in [-0.2, 0) is 10.0 Å². The van der Waals surface area contributed by atoms with Crippen LogP contribution in [0.2, 0.25) is 0 Å². The highest BCUT2D eigenvalue weighted by Crippen LogP contribution is 2.33. The van der Waals surface area contributed by atoms with Crippen LogP contribution >= 0.6 is 0 Å². The van der Waals surface area contributed by atoms with E-state index in [2.05, 4.69) is 22.0 Å². The fourth-order valence-electron chi connectivity index (χ4n) is 4.39. The molecular formula is C21H27N7O6S. The maximum atomic E-state index is 13.2. The number of sulfonamides is 1. The van der Waals surface area contributed by atoms with Crippen LogP contribution in [0.3, 0.4) is 0 Å². The molecule has 14 heteroatoms. The first-order valence-corrected chi connectivity index (χ1v) is 12.8. The molecule has 2 fully saturated rings. The van der Waals surface area contributed by atoms with Crippen LogP contribution < -0.4 is 9.80 Å². The number of hydrogen-bond donors (Lipinski definition) is 0. The van der Waals surface area contributed by atoms with Crippen LogP contribution in [0.25, 0.3) is 0 Å². The molecule has 35 heavy (non-hydrogen) atoms. The molecule has 2 aliphatic heterocycles. The van der Waals surface area contributed by atoms with Crippen molar-refractivity contribution in [3.05, 3.63) is 50.1 Å². The standard InChI is InChI=1S/C21H27N7O6S/c1-15-5-7-24(8-6-15)20-3-4-21(23-22-20)25-9-11-26(12-10-25)35(33,34)17-13-18(27(29)30)16(2)19(14-17)28(31)32/h3-4,13-15H,5-12H2,1-2H3. The van der Waals surface area contributed by atoms with E-state index in [9.17, 15) is 28.6 Å². The summed E-state index contributed by atoms with van der Waals surface area (Å²) < 4.78 is 27.5. The molecule has 13 nitrogen and oxygen atoms in total. The van der Waals surface area contributed by atoms with Crippen molar-refractivity contribution in [1.82, 2.24) is 14.5 Å². The Labute approximate surface area is 202 Å². The topological polar surface area (TPSA) is 156 Å². The summed E-state index contributed by atoms with van der Waals surface area (Å²) in [5.74, 6) is 2.17. The van der Waals surface area contributed by atoms with Gasteiger partial charge in [-0.3, -0.25) is 20.2 Å². The van der Waals surface area contributed by atoms with Crippen molar-refractivity contribution < 1.29 is 18.3 Å². The molecule has 0 amide bonds. The van der Waals surface area contributed by atoms with Gasteiger partial charge in [0.15, 0.2) is 11.6 Å². The van der Waals surface area contributed by atoms with Gasteiger partial charge in [-0.1, -0.05) is 6.92 Å². The first-order chi connectivity index (χ1) is 16.6. The number of piperidine rings is 1. The van der Waals surface area contributed by atoms with E-state index in [4.69, 9.17) is 0 Å². The second-order valence-corrected chi connectivity index (χ2v) is 10.8. The molecule has 0 atom stereocenters. The van der Waals surface area contributed by atoms with Crippen molar-refractivity contribution >= 4 is 33.0 Å². The molecule has 1 aromatic carbocycles. The van der Waals surface area contributed by atoms with Crippen molar-refractivity contribution in [3.63, 3.8) is 0 Å². The van der Waals surface area contributed by atoms with Gasteiger partial charge in [-0.15, -0.1) is 10.2 Å². The Bertz CT molecular complexity index is 1190. The fraction of sp³-hybridized carbons (Fsp3) is 0.524. The number of piperazine rings is 1. The number of nitrogens with zero attached hydrogens (tertiary/aromatic N) is 7. The Morgan fingerprint density at radius 1 is 0.857 bits per heavy atom. The summed E-state index contributed by atoms with van der Waals surface area (Å²) in [7, 11) is -4.17. The average Bonchev–Trinajstić information content (AvgIpc) is 2.84. The molecule has 4 rings (SSSR count). The van der Waals surface area contributed by atoms with Crippen molar-refractivity contribution in [2.75, 3.05) is 49.1 Å². The molecule has 0 N–H and O–H groups in total. The zero-order valence-electron chi connectivity index (χ0n) is 19.5. The molecule has 2 aromatic rings. The van der Waals surface area contributed by atoms with E-state index in [1.807, 2.05) is 17.0 Å². The van der Waals surface area contributed by atoms with Gasteiger partial charge in [-0.25, -0.2) is 8.42 Å². The zero-order chi connectivity index (χ0) is 25.3. The van der Waals surface area contributed by atoms with Crippen LogP contribution in [0.15, 0.2) is 29.2 Å². The average molecular weight is 506 g/mol. The van der Waals surface area contributed by atoms with Gasteiger partial charge in [0.25, 0.3) is 11.4 Å². The summed E-state index contributed by atoms with van der Waals surface area (Å²) in [5, 5.41) is 31.4. The van der Waals surface area contributed by atoms with Gasteiger partial charge in [0.2, 0.25) is 10.0 Å². The highest BCUT2D eigenvalue weighted by molar-refractivity contribution is 7.89. The molecule has 0 aliphatic carbocycles. The lowest BCUT2D eigenvalue weighted by Gasteiger charge is -2.35. The third-order valence-electron chi connectivity index (χ3n) is 6.66. The number of anilines is 2. The largest absolute Gasteiger partial charge is 0.355 e. The molecule has 0 spiro atoms. The molecule has 2 saturated heterocycles. The molecule has 188 valence electrons. The Hall–Kier alpha value is -3.39. The first kappa shape index (κ1) is 24.7. The second kappa shape index (κ2) is 9.70. The van der Waals surface area contributed by atoms with Gasteiger partial charge >= 0.3 is 0 Å². The van der Waals surface area contributed by atoms with Crippen LogP contribution in [0.1, 0.15) is 25.3 Å². The minimum atomic E-state index is -4.17. The molecule has 0 saturated carbocycles. The molecule has 0 bridgehead atoms. The van der Waals surface area contributed by atoms with Gasteiger partial charge in [-0.05, 0) is 37.8 Å². The molecule has 1 aromatic heterocycles. The van der Waals surface area contributed by atoms with Crippen LogP contribution in [-0.4, -0.2) is 72.0 Å². The highest BCUT2D eigenvalue weighted by Gasteiger charge is 2.33. The number of aromatic nitrogens is 2. The molecular weight excluding hydrogens is 478 g/mol. The molecule has 2 aliphatic rings. The molecule has 0 radical (unpaired) electrons. The predicted molar refractivity (Wildman–Crippen MR) is 128 cm³/mol. The Morgan fingerprint density at radius 2 is 1.31 bits per heavy atom. The van der Waals surface area contributed by atoms with E-state index in [0.29, 0.717) is 24.8 Å². The van der Waals surface area contributed by atoms with E-state index in [0.717, 1.165) is 43.9 Å². The summed E-state index contributed by atoms with van der Waals surface area (Å²) in [6, 6.07) is 5.56. The minimum Gasteiger partial charge on any atom is -0.355 e. The normalized spacial score (nSPS) is 18.0. The van der Waals surface area contributed by atoms with E-state index in [1.54, 1.807) is 0 Å². The number of benzene rings is 1. The summed E-state index contributed by atoms with van der Waals surface area (Å²) >= 11 is 0. The van der Waals surface area contributed by atoms with Crippen LogP contribution in [0, 0.1) is 33.1 Å². The van der Waals surface area contributed by atoms with Crippen molar-refractivity contribution in [1.29, 1.82) is 0 Å². The number of nitro benzene ring substituents is 2. The predicted octanol–water partition coefficient (Wildman–Crippen LogP) is 2.35. The molecule has 3 heterocycles. The van der Waals surface area contributed by atoms with E-state index in [-0.39, 0.29) is 18.7 Å². The second-order valence-electron chi connectivity index (χ2n) is 8.91. The monoisotopic (exact) mass is 505 g/mol. The van der Waals surface area contributed by atoms with Gasteiger partial charge in [0, 0.05) is 51.4 Å². The van der Waals surface area contributed by atoms with E-state index in [1.165, 1.54) is 11.2 Å². The number of rotatable bonds is 6. The minimum absolute atomic E-state index is 0.102. The fourth-order valence-corrected chi connectivity index (χ4v) is 5.85. The summed E-state index contributed by atoms with van der Waals surface area (Å²) in [6.07, 6.45) is 2.24. The van der Waals surface area contributed by atoms with Crippen molar-refractivity contribution in [2.24, 2.45) is 5.92 Å². The Kier molecular flexibility index (Phi) is 6.85. The van der Waals surface area contributed by atoms with E-state index < -0.39 is 36.1 Å². The summed E-state index contributed by atoms with van der Waals surface area (Å²) in [4.78, 5) is 24.7. The summed E-state index contributed by atoms with van der Waals surface area (Å²) in [5.41, 5.74) is -1.39. The lowest BCUT2D eigenvalue weighted by molar-refractivity contribution is -0.395. The number of hydrogen-bond acceptors (Lipinski definition) is 10. The highest BCUT2D eigenvalue weighted by atomic mass is 32.2. The smallest absolute Gasteiger partial charge is 0.280 e. The third-order valence-corrected chi connectivity index (χ3v) is 8.54. The number of nitro groups is 2. The van der Waals surface area contributed by atoms with Gasteiger partial charge in [0.05, 0.1) is 14.7 Å². The zero-order valence-corrected chi connectivity index (χ0v) is 20.3. The van der Waals surface area contributed by atoms with Crippen molar-refractivity contribution in [2.45, 2.75) is 31.6 Å². The first-order valence-electron chi connectivity index (χ1n) is 11.3. The Balaban J connectivity index is 1.46. The van der Waals surface area contributed by atoms with Gasteiger partial charge < -0.3 is 9.80 Å². The maximum Gasteiger partial charge on any atom is 0.280 e. The lowest BCUT2D eigenvalue weighted by Crippen LogP contribution is -2.49. The third kappa shape index (κ3) is 5.03. The lowest BCUT2D eigenvalue weighted by atomic mass is 9.99. The van der Waals surface area contributed by atoms with Gasteiger partial charge in [-0.2, -0.15) is 4.31 Å².